The molecule has 1 rings (SSSR count). The Hall–Kier alpha value is -2.87. The average Bonchev–Trinajstić information content (AvgIpc) is 2.53. The van der Waals surface area contributed by atoms with Crippen LogP contribution in [0.1, 0.15) is 18.4 Å². The topological polar surface area (TPSA) is 125 Å². The Labute approximate surface area is 142 Å². The first kappa shape index (κ1) is 19.2. The first-order chi connectivity index (χ1) is 11.3. The third kappa shape index (κ3) is 6.93. The lowest BCUT2D eigenvalue weighted by atomic mass is 10.2. The molecule has 0 saturated carbocycles. The number of nitrogens with one attached hydrogen (secondary N) is 3. The summed E-state index contributed by atoms with van der Waals surface area (Å²) in [6.45, 7) is 1.75. The number of anilines is 1. The minimum absolute atomic E-state index is 0.0986. The molecular formula is C15H16ClN3O5. The van der Waals surface area contributed by atoms with Gasteiger partial charge in [-0.2, -0.15) is 0 Å². The fraction of sp³-hybridized carbons (Fsp3) is 0.200. The summed E-state index contributed by atoms with van der Waals surface area (Å²) >= 11 is 5.94. The van der Waals surface area contributed by atoms with E-state index in [1.807, 2.05) is 5.43 Å². The number of hydrazine groups is 1. The van der Waals surface area contributed by atoms with Gasteiger partial charge in [0.15, 0.2) is 0 Å². The van der Waals surface area contributed by atoms with Crippen LogP contribution in [0.15, 0.2) is 30.4 Å². The SMILES string of the molecule is Cc1c(Cl)cccc1NC(=O)CCC(=O)NNC(=O)/C=C\C(=O)O. The molecule has 0 aromatic heterocycles. The van der Waals surface area contributed by atoms with E-state index in [0.29, 0.717) is 16.8 Å². The first-order valence-corrected chi connectivity index (χ1v) is 7.22. The molecule has 0 bridgehead atoms. The van der Waals surface area contributed by atoms with Crippen LogP contribution in [0.4, 0.5) is 5.69 Å². The van der Waals surface area contributed by atoms with Crippen molar-refractivity contribution in [1.29, 1.82) is 0 Å². The van der Waals surface area contributed by atoms with Gasteiger partial charge < -0.3 is 10.4 Å². The highest BCUT2D eigenvalue weighted by Crippen LogP contribution is 2.22. The summed E-state index contributed by atoms with van der Waals surface area (Å²) in [5.41, 5.74) is 5.32. The molecule has 0 saturated heterocycles. The number of carboxylic acids is 1. The van der Waals surface area contributed by atoms with Crippen LogP contribution in [-0.2, 0) is 19.2 Å². The number of carbonyl (C=O) groups is 4. The number of carbonyl (C=O) groups excluding carboxylic acids is 3. The van der Waals surface area contributed by atoms with Gasteiger partial charge in [-0.05, 0) is 24.6 Å². The van der Waals surface area contributed by atoms with Crippen LogP contribution in [0.5, 0.6) is 0 Å². The zero-order valence-corrected chi connectivity index (χ0v) is 13.5. The van der Waals surface area contributed by atoms with Gasteiger partial charge in [0.2, 0.25) is 11.8 Å². The minimum atomic E-state index is -1.29. The van der Waals surface area contributed by atoms with Gasteiger partial charge in [-0.15, -0.1) is 0 Å². The van der Waals surface area contributed by atoms with Gasteiger partial charge in [0.1, 0.15) is 0 Å². The molecule has 9 heteroatoms. The molecule has 0 atom stereocenters. The van der Waals surface area contributed by atoms with Crippen molar-refractivity contribution < 1.29 is 24.3 Å². The summed E-state index contributed by atoms with van der Waals surface area (Å²) in [5, 5.41) is 11.5. The smallest absolute Gasteiger partial charge is 0.328 e. The largest absolute Gasteiger partial charge is 0.478 e. The van der Waals surface area contributed by atoms with Crippen molar-refractivity contribution in [2.75, 3.05) is 5.32 Å². The van der Waals surface area contributed by atoms with Gasteiger partial charge in [0.05, 0.1) is 0 Å². The Balaban J connectivity index is 2.36. The Morgan fingerprint density at radius 1 is 1.08 bits per heavy atom. The molecule has 24 heavy (non-hydrogen) atoms. The van der Waals surface area contributed by atoms with Gasteiger partial charge in [0.25, 0.3) is 5.91 Å². The normalized spacial score (nSPS) is 10.2. The van der Waals surface area contributed by atoms with E-state index in [9.17, 15) is 19.2 Å². The molecule has 4 N–H and O–H groups in total. The van der Waals surface area contributed by atoms with Crippen LogP contribution in [-0.4, -0.2) is 28.8 Å². The van der Waals surface area contributed by atoms with Crippen molar-refractivity contribution in [3.8, 4) is 0 Å². The van der Waals surface area contributed by atoms with Crippen LogP contribution in [0.2, 0.25) is 5.02 Å². The second-order valence-electron chi connectivity index (χ2n) is 4.67. The quantitative estimate of drug-likeness (QED) is 0.451. The van der Waals surface area contributed by atoms with Crippen LogP contribution >= 0.6 is 11.6 Å². The maximum Gasteiger partial charge on any atom is 0.328 e. The van der Waals surface area contributed by atoms with Crippen molar-refractivity contribution >= 4 is 41.0 Å². The van der Waals surface area contributed by atoms with E-state index in [4.69, 9.17) is 16.7 Å². The average molecular weight is 354 g/mol. The fourth-order valence-corrected chi connectivity index (χ4v) is 1.74. The van der Waals surface area contributed by atoms with E-state index in [2.05, 4.69) is 10.7 Å². The molecule has 8 nitrogen and oxygen atoms in total. The highest BCUT2D eigenvalue weighted by molar-refractivity contribution is 6.31. The Kier molecular flexibility index (Phi) is 7.44. The van der Waals surface area contributed by atoms with Crippen molar-refractivity contribution in [2.45, 2.75) is 19.8 Å². The lowest BCUT2D eigenvalue weighted by molar-refractivity contribution is -0.131. The summed E-state index contributed by atoms with van der Waals surface area (Å²) in [6.07, 6.45) is 1.12. The lowest BCUT2D eigenvalue weighted by Crippen LogP contribution is -2.41. The molecule has 1 aromatic rings. The molecule has 0 spiro atoms. The summed E-state index contributed by atoms with van der Waals surface area (Å²) in [7, 11) is 0. The molecule has 0 aliphatic heterocycles. The van der Waals surface area contributed by atoms with Crippen molar-refractivity contribution in [2.24, 2.45) is 0 Å². The van der Waals surface area contributed by atoms with Gasteiger partial charge in [0, 0.05) is 35.7 Å². The third-order valence-electron chi connectivity index (χ3n) is 2.82. The second-order valence-corrected chi connectivity index (χ2v) is 5.08. The summed E-state index contributed by atoms with van der Waals surface area (Å²) in [6, 6.07) is 5.08. The second kappa shape index (κ2) is 9.31. The first-order valence-electron chi connectivity index (χ1n) is 6.84. The Morgan fingerprint density at radius 2 is 1.75 bits per heavy atom. The Morgan fingerprint density at radius 3 is 2.42 bits per heavy atom. The van der Waals surface area contributed by atoms with Gasteiger partial charge in [-0.25, -0.2) is 4.79 Å². The molecule has 0 aliphatic rings. The van der Waals surface area contributed by atoms with E-state index in [0.717, 1.165) is 11.6 Å². The number of aliphatic carboxylic acids is 1. The molecule has 0 heterocycles. The van der Waals surface area contributed by atoms with E-state index in [1.165, 1.54) is 0 Å². The van der Waals surface area contributed by atoms with E-state index < -0.39 is 17.8 Å². The van der Waals surface area contributed by atoms with Crippen LogP contribution in [0, 0.1) is 6.92 Å². The minimum Gasteiger partial charge on any atom is -0.478 e. The maximum absolute atomic E-state index is 11.8. The summed E-state index contributed by atoms with van der Waals surface area (Å²) in [4.78, 5) is 44.6. The summed E-state index contributed by atoms with van der Waals surface area (Å²) in [5.74, 6) is -3.06. The highest BCUT2D eigenvalue weighted by atomic mass is 35.5. The fourth-order valence-electron chi connectivity index (χ4n) is 1.57. The van der Waals surface area contributed by atoms with Crippen molar-refractivity contribution in [3.63, 3.8) is 0 Å². The Bertz CT molecular complexity index is 688. The molecule has 0 fully saturated rings. The van der Waals surface area contributed by atoms with Crippen LogP contribution in [0.25, 0.3) is 0 Å². The molecule has 0 radical (unpaired) electrons. The standard InChI is InChI=1S/C15H16ClN3O5/c1-9-10(16)3-2-4-11(9)17-12(20)5-6-13(21)18-19-14(22)7-8-15(23)24/h2-4,7-8H,5-6H2,1H3,(H,17,20)(H,18,21)(H,19,22)(H,23,24)/b8-7-. The van der Waals surface area contributed by atoms with E-state index >= 15 is 0 Å². The monoisotopic (exact) mass is 353 g/mol. The molecule has 128 valence electrons. The van der Waals surface area contributed by atoms with Gasteiger partial charge >= 0.3 is 5.97 Å². The highest BCUT2D eigenvalue weighted by Gasteiger charge is 2.10. The number of halogens is 1. The van der Waals surface area contributed by atoms with Crippen LogP contribution in [0.3, 0.4) is 0 Å². The van der Waals surface area contributed by atoms with Gasteiger partial charge in [-0.1, -0.05) is 17.7 Å². The molecule has 0 aliphatic carbocycles. The van der Waals surface area contributed by atoms with Crippen molar-refractivity contribution in [1.82, 2.24) is 10.9 Å². The molecule has 0 unspecified atom stereocenters. The molecule has 3 amide bonds. The number of hydrogen-bond donors (Lipinski definition) is 4. The zero-order chi connectivity index (χ0) is 18.1. The number of benzene rings is 1. The number of carboxylic acid groups (broad SMARTS) is 1. The summed E-state index contributed by atoms with van der Waals surface area (Å²) < 4.78 is 0. The lowest BCUT2D eigenvalue weighted by Gasteiger charge is -2.09. The van der Waals surface area contributed by atoms with Gasteiger partial charge in [-0.3, -0.25) is 25.2 Å². The third-order valence-corrected chi connectivity index (χ3v) is 3.23. The van der Waals surface area contributed by atoms with Crippen LogP contribution < -0.4 is 16.2 Å². The number of hydrogen-bond acceptors (Lipinski definition) is 4. The van der Waals surface area contributed by atoms with E-state index in [1.54, 1.807) is 25.1 Å². The molecule has 1 aromatic carbocycles. The van der Waals surface area contributed by atoms with E-state index in [-0.39, 0.29) is 18.7 Å². The number of rotatable bonds is 6. The predicted octanol–water partition coefficient (Wildman–Crippen LogP) is 1.16. The molecular weight excluding hydrogens is 338 g/mol. The zero-order valence-electron chi connectivity index (χ0n) is 12.8. The predicted molar refractivity (Wildman–Crippen MR) is 87.1 cm³/mol. The number of amides is 3. The maximum atomic E-state index is 11.8. The van der Waals surface area contributed by atoms with Crippen molar-refractivity contribution in [3.05, 3.63) is 40.9 Å².